The van der Waals surface area contributed by atoms with Crippen molar-refractivity contribution < 1.29 is 14.6 Å². The molecule has 0 spiro atoms. The van der Waals surface area contributed by atoms with Crippen molar-refractivity contribution in [1.82, 2.24) is 4.57 Å². The molecular formula is C19H24BrNO3. The second-order valence-electron chi connectivity index (χ2n) is 5.50. The minimum Gasteiger partial charge on any atom is -0.496 e. The lowest BCUT2D eigenvalue weighted by Crippen LogP contribution is -2.16. The summed E-state index contributed by atoms with van der Waals surface area (Å²) in [6, 6.07) is 5.92. The van der Waals surface area contributed by atoms with E-state index in [9.17, 15) is 9.90 Å². The largest absolute Gasteiger partial charge is 0.496 e. The first-order valence-corrected chi connectivity index (χ1v) is 9.18. The molecule has 0 unspecified atom stereocenters. The van der Waals surface area contributed by atoms with Gasteiger partial charge in [0.15, 0.2) is 0 Å². The van der Waals surface area contributed by atoms with Crippen LogP contribution in [0.25, 0.3) is 11.3 Å². The number of aromatic nitrogens is 1. The van der Waals surface area contributed by atoms with Gasteiger partial charge in [-0.05, 0) is 58.1 Å². The molecule has 0 saturated heterocycles. The molecule has 1 aliphatic heterocycles. The normalized spacial score (nSPS) is 11.9. The molecule has 2 heterocycles. The molecule has 0 radical (unpaired) electrons. The molecule has 130 valence electrons. The van der Waals surface area contributed by atoms with Gasteiger partial charge in [0.05, 0.1) is 17.3 Å². The van der Waals surface area contributed by atoms with Gasteiger partial charge in [-0.25, -0.2) is 4.79 Å². The van der Waals surface area contributed by atoms with E-state index in [-0.39, 0.29) is 0 Å². The van der Waals surface area contributed by atoms with Gasteiger partial charge >= 0.3 is 5.97 Å². The SMILES string of the molecule is CC.CCCc1cc(C(=O)O)n2c1-c1cc(Br)c(OC)cc1CC2. The molecule has 1 aromatic heterocycles. The lowest BCUT2D eigenvalue weighted by atomic mass is 9.95. The first kappa shape index (κ1) is 18.6. The first-order valence-electron chi connectivity index (χ1n) is 8.39. The molecule has 0 amide bonds. The average Bonchev–Trinajstić information content (AvgIpc) is 2.96. The van der Waals surface area contributed by atoms with E-state index >= 15 is 0 Å². The summed E-state index contributed by atoms with van der Waals surface area (Å²) in [5.74, 6) is -0.0473. The number of nitrogens with zero attached hydrogens (tertiary/aromatic N) is 1. The van der Waals surface area contributed by atoms with Gasteiger partial charge in [0, 0.05) is 12.1 Å². The molecule has 1 aromatic carbocycles. The highest BCUT2D eigenvalue weighted by atomic mass is 79.9. The van der Waals surface area contributed by atoms with E-state index in [4.69, 9.17) is 4.74 Å². The van der Waals surface area contributed by atoms with Gasteiger partial charge in [-0.15, -0.1) is 0 Å². The minimum atomic E-state index is -0.861. The Morgan fingerprint density at radius 1 is 1.33 bits per heavy atom. The van der Waals surface area contributed by atoms with Gasteiger partial charge in [-0.1, -0.05) is 27.2 Å². The van der Waals surface area contributed by atoms with Crippen LogP contribution in [0.5, 0.6) is 5.75 Å². The number of fused-ring (bicyclic) bond motifs is 3. The molecule has 5 heteroatoms. The summed E-state index contributed by atoms with van der Waals surface area (Å²) in [6.07, 6.45) is 2.68. The zero-order valence-electron chi connectivity index (χ0n) is 14.6. The topological polar surface area (TPSA) is 51.5 Å². The fourth-order valence-corrected chi connectivity index (χ4v) is 3.71. The number of halogens is 1. The molecule has 1 aliphatic rings. The van der Waals surface area contributed by atoms with Crippen LogP contribution >= 0.6 is 15.9 Å². The van der Waals surface area contributed by atoms with Crippen molar-refractivity contribution in [2.75, 3.05) is 7.11 Å². The summed E-state index contributed by atoms with van der Waals surface area (Å²) in [7, 11) is 1.66. The van der Waals surface area contributed by atoms with Gasteiger partial charge < -0.3 is 14.4 Å². The van der Waals surface area contributed by atoms with Gasteiger partial charge in [0.1, 0.15) is 11.4 Å². The number of rotatable bonds is 4. The zero-order chi connectivity index (χ0) is 17.9. The minimum absolute atomic E-state index is 0.385. The average molecular weight is 394 g/mol. The molecule has 4 nitrogen and oxygen atoms in total. The maximum atomic E-state index is 11.5. The lowest BCUT2D eigenvalue weighted by Gasteiger charge is -2.23. The molecule has 2 aromatic rings. The summed E-state index contributed by atoms with van der Waals surface area (Å²) in [5.41, 5.74) is 4.85. The van der Waals surface area contributed by atoms with Crippen LogP contribution in [-0.2, 0) is 19.4 Å². The number of hydrogen-bond acceptors (Lipinski definition) is 2. The van der Waals surface area contributed by atoms with Crippen LogP contribution in [0.4, 0.5) is 0 Å². The number of ether oxygens (including phenoxy) is 1. The second kappa shape index (κ2) is 7.88. The highest BCUT2D eigenvalue weighted by molar-refractivity contribution is 9.10. The third-order valence-corrected chi connectivity index (χ3v) is 4.77. The van der Waals surface area contributed by atoms with Crippen molar-refractivity contribution in [3.05, 3.63) is 39.5 Å². The lowest BCUT2D eigenvalue weighted by molar-refractivity contribution is 0.0685. The molecule has 0 aliphatic carbocycles. The first-order chi connectivity index (χ1) is 11.6. The van der Waals surface area contributed by atoms with E-state index in [2.05, 4.69) is 22.9 Å². The van der Waals surface area contributed by atoms with Gasteiger partial charge in [0.25, 0.3) is 0 Å². The van der Waals surface area contributed by atoms with Crippen molar-refractivity contribution in [3.63, 3.8) is 0 Å². The zero-order valence-corrected chi connectivity index (χ0v) is 16.2. The Kier molecular flexibility index (Phi) is 6.10. The van der Waals surface area contributed by atoms with Gasteiger partial charge in [-0.3, -0.25) is 0 Å². The molecule has 0 saturated carbocycles. The van der Waals surface area contributed by atoms with Gasteiger partial charge in [0.2, 0.25) is 0 Å². The summed E-state index contributed by atoms with van der Waals surface area (Å²) in [6.45, 7) is 6.80. The van der Waals surface area contributed by atoms with Crippen LogP contribution in [-0.4, -0.2) is 22.8 Å². The van der Waals surface area contributed by atoms with E-state index in [0.29, 0.717) is 12.2 Å². The second-order valence-corrected chi connectivity index (χ2v) is 6.36. The van der Waals surface area contributed by atoms with Crippen molar-refractivity contribution in [3.8, 4) is 17.0 Å². The van der Waals surface area contributed by atoms with E-state index in [1.165, 1.54) is 5.56 Å². The third kappa shape index (κ3) is 3.22. The van der Waals surface area contributed by atoms with Crippen molar-refractivity contribution in [2.24, 2.45) is 0 Å². The number of carbonyl (C=O) groups is 1. The van der Waals surface area contributed by atoms with Crippen LogP contribution < -0.4 is 4.74 Å². The van der Waals surface area contributed by atoms with E-state index in [0.717, 1.165) is 46.3 Å². The standard InChI is InChI=1S/C17H18BrNO3.C2H6/c1-3-4-11-7-14(17(20)21)19-6-5-10-8-15(22-2)13(18)9-12(10)16(11)19;1-2/h7-9H,3-6H2,1-2H3,(H,20,21);1-2H3. The highest BCUT2D eigenvalue weighted by Crippen LogP contribution is 2.40. The Labute approximate surface area is 151 Å². The van der Waals surface area contributed by atoms with Crippen molar-refractivity contribution in [1.29, 1.82) is 0 Å². The number of carboxylic acids is 1. The van der Waals surface area contributed by atoms with Crippen LogP contribution in [0.1, 0.15) is 48.8 Å². The summed E-state index contributed by atoms with van der Waals surface area (Å²) < 4.78 is 8.20. The Hall–Kier alpha value is -1.75. The van der Waals surface area contributed by atoms with Gasteiger partial charge in [-0.2, -0.15) is 0 Å². The van der Waals surface area contributed by atoms with E-state index in [1.807, 2.05) is 36.6 Å². The third-order valence-electron chi connectivity index (χ3n) is 4.15. The van der Waals surface area contributed by atoms with Crippen LogP contribution in [0.2, 0.25) is 0 Å². The Bertz CT molecular complexity index is 750. The summed E-state index contributed by atoms with van der Waals surface area (Å²) in [5, 5.41) is 9.46. The number of carboxylic acid groups (broad SMARTS) is 1. The molecule has 0 atom stereocenters. The molecular weight excluding hydrogens is 370 g/mol. The Morgan fingerprint density at radius 2 is 2.04 bits per heavy atom. The number of hydrogen-bond donors (Lipinski definition) is 1. The summed E-state index contributed by atoms with van der Waals surface area (Å²) >= 11 is 3.54. The van der Waals surface area contributed by atoms with E-state index < -0.39 is 5.97 Å². The number of aromatic carboxylic acids is 1. The summed E-state index contributed by atoms with van der Waals surface area (Å²) in [4.78, 5) is 11.5. The fourth-order valence-electron chi connectivity index (χ4n) is 3.20. The van der Waals surface area contributed by atoms with Crippen LogP contribution in [0.3, 0.4) is 0 Å². The Morgan fingerprint density at radius 3 is 2.62 bits per heavy atom. The van der Waals surface area contributed by atoms with Crippen LogP contribution in [0.15, 0.2) is 22.7 Å². The Balaban J connectivity index is 0.00000100. The van der Waals surface area contributed by atoms with E-state index in [1.54, 1.807) is 7.11 Å². The highest BCUT2D eigenvalue weighted by Gasteiger charge is 2.26. The predicted molar refractivity (Wildman–Crippen MR) is 100 cm³/mol. The molecule has 24 heavy (non-hydrogen) atoms. The molecule has 1 N–H and O–H groups in total. The predicted octanol–water partition coefficient (Wildman–Crippen LogP) is 5.16. The number of methoxy groups -OCH3 is 1. The maximum absolute atomic E-state index is 11.5. The van der Waals surface area contributed by atoms with Crippen molar-refractivity contribution >= 4 is 21.9 Å². The monoisotopic (exact) mass is 393 g/mol. The number of aryl methyl sites for hydroxylation is 2. The molecule has 3 rings (SSSR count). The fraction of sp³-hybridized carbons (Fsp3) is 0.421. The molecule has 0 bridgehead atoms. The molecule has 0 fully saturated rings. The van der Waals surface area contributed by atoms with Crippen molar-refractivity contribution in [2.45, 2.75) is 46.6 Å². The quantitative estimate of drug-likeness (QED) is 0.780. The number of benzene rings is 1. The smallest absolute Gasteiger partial charge is 0.352 e. The van der Waals surface area contributed by atoms with Crippen LogP contribution in [0, 0.1) is 0 Å². The maximum Gasteiger partial charge on any atom is 0.352 e.